The van der Waals surface area contributed by atoms with Gasteiger partial charge in [0.05, 0.1) is 0 Å². The summed E-state index contributed by atoms with van der Waals surface area (Å²) in [5.41, 5.74) is 2.12. The van der Waals surface area contributed by atoms with Gasteiger partial charge in [-0.05, 0) is 18.2 Å². The van der Waals surface area contributed by atoms with Crippen LogP contribution in [0, 0.1) is 0 Å². The Balaban J connectivity index is 2.49. The maximum Gasteiger partial charge on any atom is 0.258 e. The monoisotopic (exact) mass is 240 g/mol. The quantitative estimate of drug-likeness (QED) is 0.773. The van der Waals surface area contributed by atoms with Crippen molar-refractivity contribution in [1.82, 2.24) is 5.32 Å². The molecule has 0 spiro atoms. The van der Waals surface area contributed by atoms with Gasteiger partial charge < -0.3 is 4.90 Å². The molecule has 1 aliphatic rings. The van der Waals surface area contributed by atoms with E-state index in [9.17, 15) is 9.59 Å². The zero-order valence-electron chi connectivity index (χ0n) is 10.2. The van der Waals surface area contributed by atoms with Crippen molar-refractivity contribution in [1.29, 1.82) is 0 Å². The topological polar surface area (TPSA) is 49.4 Å². The molecule has 90 valence electrons. The zero-order valence-corrected chi connectivity index (χ0v) is 10.2. The molecule has 0 atom stereocenters. The van der Waals surface area contributed by atoms with Crippen LogP contribution in [0.4, 0.5) is 5.69 Å². The lowest BCUT2D eigenvalue weighted by atomic mass is 9.94. The summed E-state index contributed by atoms with van der Waals surface area (Å²) in [7, 11) is 3.88. The van der Waals surface area contributed by atoms with Crippen molar-refractivity contribution in [2.75, 3.05) is 19.0 Å². The predicted octanol–water partition coefficient (Wildman–Crippen LogP) is 1.79. The Morgan fingerprint density at radius 3 is 2.28 bits per heavy atom. The maximum atomic E-state index is 11.8. The fourth-order valence-corrected chi connectivity index (χ4v) is 2.40. The molecule has 1 heterocycles. The van der Waals surface area contributed by atoms with Crippen LogP contribution in [0.15, 0.2) is 30.3 Å². The summed E-state index contributed by atoms with van der Waals surface area (Å²) in [6.07, 6.45) is 0. The van der Waals surface area contributed by atoms with Crippen LogP contribution in [0.5, 0.6) is 0 Å². The first-order valence-corrected chi connectivity index (χ1v) is 5.68. The van der Waals surface area contributed by atoms with Crippen molar-refractivity contribution in [2.45, 2.75) is 0 Å². The maximum absolute atomic E-state index is 11.8. The fraction of sp³-hybridized carbons (Fsp3) is 0.143. The van der Waals surface area contributed by atoms with E-state index in [0.29, 0.717) is 11.1 Å². The number of rotatable bonds is 1. The summed E-state index contributed by atoms with van der Waals surface area (Å²) in [5, 5.41) is 4.03. The van der Waals surface area contributed by atoms with E-state index in [4.69, 9.17) is 0 Å². The van der Waals surface area contributed by atoms with Crippen LogP contribution in [0.25, 0.3) is 10.8 Å². The van der Waals surface area contributed by atoms with Crippen LogP contribution in [0.1, 0.15) is 20.7 Å². The van der Waals surface area contributed by atoms with E-state index in [1.807, 2.05) is 37.2 Å². The lowest BCUT2D eigenvalue weighted by molar-refractivity contribution is 0.0845. The molecule has 3 rings (SSSR count). The highest BCUT2D eigenvalue weighted by atomic mass is 16.2. The molecular formula is C14H12N2O2. The number of carbonyl (C=O) groups is 2. The predicted molar refractivity (Wildman–Crippen MR) is 70.1 cm³/mol. The molecule has 0 bridgehead atoms. The number of benzene rings is 2. The molecule has 2 aromatic rings. The summed E-state index contributed by atoms with van der Waals surface area (Å²) in [5.74, 6) is -0.650. The Kier molecular flexibility index (Phi) is 2.13. The normalized spacial score (nSPS) is 13.7. The van der Waals surface area contributed by atoms with Gasteiger partial charge in [0.15, 0.2) is 0 Å². The Morgan fingerprint density at radius 1 is 0.944 bits per heavy atom. The van der Waals surface area contributed by atoms with Gasteiger partial charge in [-0.15, -0.1) is 0 Å². The Hall–Kier alpha value is -2.36. The van der Waals surface area contributed by atoms with Gasteiger partial charge in [-0.25, -0.2) is 0 Å². The molecule has 0 saturated carbocycles. The summed E-state index contributed by atoms with van der Waals surface area (Å²) in [6.45, 7) is 0. The molecule has 0 radical (unpaired) electrons. The van der Waals surface area contributed by atoms with Crippen molar-refractivity contribution < 1.29 is 9.59 Å². The molecule has 0 fully saturated rings. The molecular weight excluding hydrogens is 228 g/mol. The Morgan fingerprint density at radius 2 is 1.61 bits per heavy atom. The minimum atomic E-state index is -0.325. The van der Waals surface area contributed by atoms with E-state index < -0.39 is 0 Å². The summed E-state index contributed by atoms with van der Waals surface area (Å²) in [4.78, 5) is 25.6. The molecule has 4 heteroatoms. The average Bonchev–Trinajstić information content (AvgIpc) is 2.34. The van der Waals surface area contributed by atoms with Crippen LogP contribution in [0.2, 0.25) is 0 Å². The molecule has 0 unspecified atom stereocenters. The molecule has 1 aliphatic heterocycles. The van der Waals surface area contributed by atoms with Crippen LogP contribution < -0.4 is 10.2 Å². The number of hydrogen-bond donors (Lipinski definition) is 1. The smallest absolute Gasteiger partial charge is 0.258 e. The van der Waals surface area contributed by atoms with Gasteiger partial charge in [0, 0.05) is 41.7 Å². The van der Waals surface area contributed by atoms with Gasteiger partial charge in [0.1, 0.15) is 0 Å². The van der Waals surface area contributed by atoms with Crippen molar-refractivity contribution in [3.63, 3.8) is 0 Å². The minimum absolute atomic E-state index is 0.325. The lowest BCUT2D eigenvalue weighted by Crippen LogP contribution is -2.34. The number of anilines is 1. The van der Waals surface area contributed by atoms with Gasteiger partial charge in [-0.3, -0.25) is 14.9 Å². The lowest BCUT2D eigenvalue weighted by Gasteiger charge is -2.21. The van der Waals surface area contributed by atoms with Gasteiger partial charge in [-0.2, -0.15) is 0 Å². The largest absolute Gasteiger partial charge is 0.377 e. The third-order valence-corrected chi connectivity index (χ3v) is 3.22. The first-order chi connectivity index (χ1) is 8.59. The van der Waals surface area contributed by atoms with Crippen LogP contribution in [0.3, 0.4) is 0 Å². The number of nitrogens with zero attached hydrogens (tertiary/aromatic N) is 1. The Labute approximate surface area is 104 Å². The second-order valence-electron chi connectivity index (χ2n) is 4.54. The molecule has 1 N–H and O–H groups in total. The summed E-state index contributed by atoms with van der Waals surface area (Å²) in [6, 6.07) is 9.18. The summed E-state index contributed by atoms with van der Waals surface area (Å²) < 4.78 is 0. The van der Waals surface area contributed by atoms with Crippen LogP contribution >= 0.6 is 0 Å². The number of imide groups is 1. The molecule has 2 aromatic carbocycles. The first-order valence-electron chi connectivity index (χ1n) is 5.68. The van der Waals surface area contributed by atoms with E-state index in [0.717, 1.165) is 16.5 Å². The number of amides is 2. The van der Waals surface area contributed by atoms with Crippen LogP contribution in [-0.4, -0.2) is 25.9 Å². The highest BCUT2D eigenvalue weighted by molar-refractivity contribution is 6.26. The highest BCUT2D eigenvalue weighted by Gasteiger charge is 2.25. The molecule has 2 amide bonds. The van der Waals surface area contributed by atoms with Crippen molar-refractivity contribution in [3.8, 4) is 0 Å². The van der Waals surface area contributed by atoms with Gasteiger partial charge in [0.25, 0.3) is 11.8 Å². The first kappa shape index (κ1) is 10.8. The van der Waals surface area contributed by atoms with Crippen molar-refractivity contribution in [3.05, 3.63) is 41.5 Å². The minimum Gasteiger partial charge on any atom is -0.377 e. The van der Waals surface area contributed by atoms with E-state index >= 15 is 0 Å². The van der Waals surface area contributed by atoms with Crippen molar-refractivity contribution in [2.24, 2.45) is 0 Å². The van der Waals surface area contributed by atoms with Gasteiger partial charge in [-0.1, -0.05) is 12.1 Å². The third kappa shape index (κ3) is 1.32. The standard InChI is InChI=1S/C14H12N2O2/c1-16(2)11-7-6-10-12-8(11)4-3-5-9(12)13(17)15-14(10)18/h3-7H,1-2H3,(H,15,17,18). The second kappa shape index (κ2) is 3.57. The second-order valence-corrected chi connectivity index (χ2v) is 4.54. The Bertz CT molecular complexity index is 669. The van der Waals surface area contributed by atoms with Crippen LogP contribution in [-0.2, 0) is 0 Å². The van der Waals surface area contributed by atoms with E-state index in [-0.39, 0.29) is 11.8 Å². The molecule has 0 saturated heterocycles. The molecule has 0 aromatic heterocycles. The van der Waals surface area contributed by atoms with Gasteiger partial charge >= 0.3 is 0 Å². The molecule has 18 heavy (non-hydrogen) atoms. The highest BCUT2D eigenvalue weighted by Crippen LogP contribution is 2.32. The molecule has 4 nitrogen and oxygen atoms in total. The fourth-order valence-electron chi connectivity index (χ4n) is 2.40. The van der Waals surface area contributed by atoms with E-state index in [1.54, 1.807) is 12.1 Å². The SMILES string of the molecule is CN(C)c1ccc2c3c(cccc13)C(=O)NC2=O. The zero-order chi connectivity index (χ0) is 12.9. The third-order valence-electron chi connectivity index (χ3n) is 3.22. The van der Waals surface area contributed by atoms with Crippen molar-refractivity contribution >= 4 is 28.3 Å². The molecule has 0 aliphatic carbocycles. The number of hydrogen-bond acceptors (Lipinski definition) is 3. The van der Waals surface area contributed by atoms with E-state index in [1.165, 1.54) is 0 Å². The average molecular weight is 240 g/mol. The van der Waals surface area contributed by atoms with Gasteiger partial charge in [0.2, 0.25) is 0 Å². The number of carbonyl (C=O) groups excluding carboxylic acids is 2. The summed E-state index contributed by atoms with van der Waals surface area (Å²) >= 11 is 0. The van der Waals surface area contributed by atoms with E-state index in [2.05, 4.69) is 5.32 Å². The number of nitrogens with one attached hydrogen (secondary N) is 1.